The lowest BCUT2D eigenvalue weighted by Crippen LogP contribution is -2.39. The van der Waals surface area contributed by atoms with Gasteiger partial charge in [-0.15, -0.1) is 0 Å². The molecule has 1 fully saturated rings. The maximum Gasteiger partial charge on any atom is 0.263 e. The number of rotatable bonds is 4. The van der Waals surface area contributed by atoms with Gasteiger partial charge in [0.2, 0.25) is 0 Å². The van der Waals surface area contributed by atoms with E-state index in [1.165, 1.54) is 5.70 Å². The highest BCUT2D eigenvalue weighted by atomic mass is 35.5. The number of carbonyl (C=O) groups excluding carboxylic acids is 1. The largest absolute Gasteiger partial charge is 0.380 e. The molecule has 0 unspecified atom stereocenters. The van der Waals surface area contributed by atoms with Crippen LogP contribution in [-0.4, -0.2) is 29.9 Å². The summed E-state index contributed by atoms with van der Waals surface area (Å²) in [6, 6.07) is 16.8. The van der Waals surface area contributed by atoms with E-state index in [0.717, 1.165) is 24.1 Å². The van der Waals surface area contributed by atoms with E-state index in [-0.39, 0.29) is 16.7 Å². The van der Waals surface area contributed by atoms with E-state index in [0.29, 0.717) is 21.5 Å². The molecule has 0 radical (unpaired) electrons. The van der Waals surface area contributed by atoms with Crippen LogP contribution in [0.3, 0.4) is 0 Å². The fraction of sp³-hybridized carbons (Fsp3) is 0.385. The highest BCUT2D eigenvalue weighted by Gasteiger charge is 2.62. The third kappa shape index (κ3) is 3.32. The Labute approximate surface area is 195 Å². The number of hydrogen-bond donors (Lipinski definition) is 0. The van der Waals surface area contributed by atoms with Crippen molar-refractivity contribution in [3.05, 3.63) is 76.5 Å². The van der Waals surface area contributed by atoms with Gasteiger partial charge in [-0.1, -0.05) is 68.9 Å². The molecule has 2 aromatic carbocycles. The van der Waals surface area contributed by atoms with Gasteiger partial charge in [0.25, 0.3) is 5.91 Å². The van der Waals surface area contributed by atoms with Crippen LogP contribution in [-0.2, 0) is 0 Å². The molecule has 2 aliphatic carbocycles. The SMILES string of the molecule is CN(C)C1=C(C(=S)N(C(=O)c2cccc(Cl)c2)c2ccccc2)[C@H]2CC[C@]1(C)C2(C)C. The zero-order valence-corrected chi connectivity index (χ0v) is 20.3. The van der Waals surface area contributed by atoms with Crippen molar-refractivity contribution >= 4 is 40.4 Å². The molecule has 2 bridgehead atoms. The summed E-state index contributed by atoms with van der Waals surface area (Å²) in [5, 5.41) is 0.534. The number of thiocarbonyl (C=S) groups is 1. The molecule has 31 heavy (non-hydrogen) atoms. The summed E-state index contributed by atoms with van der Waals surface area (Å²) in [5.74, 6) is 0.163. The molecule has 0 N–H and O–H groups in total. The average molecular weight is 453 g/mol. The van der Waals surface area contributed by atoms with Gasteiger partial charge in [-0.05, 0) is 54.5 Å². The second kappa shape index (κ2) is 7.75. The zero-order chi connectivity index (χ0) is 22.6. The normalized spacial score (nSPS) is 23.7. The summed E-state index contributed by atoms with van der Waals surface area (Å²) in [6.07, 6.45) is 2.22. The predicted octanol–water partition coefficient (Wildman–Crippen LogP) is 6.59. The summed E-state index contributed by atoms with van der Waals surface area (Å²) < 4.78 is 0. The Morgan fingerprint density at radius 2 is 1.74 bits per heavy atom. The second-order valence-electron chi connectivity index (χ2n) is 9.59. The van der Waals surface area contributed by atoms with E-state index in [1.807, 2.05) is 30.3 Å². The first-order valence-electron chi connectivity index (χ1n) is 10.7. The number of halogens is 1. The summed E-state index contributed by atoms with van der Waals surface area (Å²) in [4.78, 5) is 18.3. The van der Waals surface area contributed by atoms with Crippen molar-refractivity contribution in [1.29, 1.82) is 0 Å². The Bertz CT molecular complexity index is 1080. The fourth-order valence-corrected chi connectivity index (χ4v) is 6.27. The molecule has 0 heterocycles. The van der Waals surface area contributed by atoms with Crippen LogP contribution in [0.4, 0.5) is 5.69 Å². The highest BCUT2D eigenvalue weighted by Crippen LogP contribution is 2.68. The molecule has 162 valence electrons. The van der Waals surface area contributed by atoms with Crippen molar-refractivity contribution in [1.82, 2.24) is 4.90 Å². The minimum absolute atomic E-state index is 0.0298. The number of carbonyl (C=O) groups is 1. The lowest BCUT2D eigenvalue weighted by atomic mass is 9.69. The maximum absolute atomic E-state index is 13.8. The van der Waals surface area contributed by atoms with Crippen molar-refractivity contribution in [3.63, 3.8) is 0 Å². The molecular weight excluding hydrogens is 424 g/mol. The molecule has 2 atom stereocenters. The Morgan fingerprint density at radius 3 is 2.35 bits per heavy atom. The van der Waals surface area contributed by atoms with Gasteiger partial charge in [0, 0.05) is 41.4 Å². The topological polar surface area (TPSA) is 23.6 Å². The highest BCUT2D eigenvalue weighted by molar-refractivity contribution is 7.81. The Balaban J connectivity index is 1.87. The number of hydrogen-bond acceptors (Lipinski definition) is 3. The molecule has 1 amide bonds. The monoisotopic (exact) mass is 452 g/mol. The molecule has 0 saturated heterocycles. The molecule has 2 aromatic rings. The van der Waals surface area contributed by atoms with Crippen LogP contribution in [0.15, 0.2) is 65.9 Å². The van der Waals surface area contributed by atoms with Gasteiger partial charge in [0.05, 0.1) is 5.69 Å². The standard InChI is InChI=1S/C26H29ClN2OS/c1-25(2)20-14-15-26(25,3)22(28(4)5)21(20)24(31)29(19-12-7-6-8-13-19)23(30)17-10-9-11-18(27)16-17/h6-13,16,20H,14-15H2,1-5H3/t20-,26+/m1/s1. The quantitative estimate of drug-likeness (QED) is 0.489. The zero-order valence-electron chi connectivity index (χ0n) is 18.8. The summed E-state index contributed by atoms with van der Waals surface area (Å²) in [5.41, 5.74) is 3.81. The van der Waals surface area contributed by atoms with Crippen LogP contribution >= 0.6 is 23.8 Å². The smallest absolute Gasteiger partial charge is 0.263 e. The maximum atomic E-state index is 13.8. The van der Waals surface area contributed by atoms with Crippen molar-refractivity contribution in [3.8, 4) is 0 Å². The Kier molecular flexibility index (Phi) is 5.51. The van der Waals surface area contributed by atoms with Gasteiger partial charge < -0.3 is 4.90 Å². The van der Waals surface area contributed by atoms with Crippen LogP contribution in [0.2, 0.25) is 5.02 Å². The fourth-order valence-electron chi connectivity index (χ4n) is 5.65. The van der Waals surface area contributed by atoms with E-state index in [4.69, 9.17) is 23.8 Å². The van der Waals surface area contributed by atoms with E-state index in [1.54, 1.807) is 29.2 Å². The summed E-state index contributed by atoms with van der Waals surface area (Å²) in [6.45, 7) is 7.04. The van der Waals surface area contributed by atoms with Gasteiger partial charge in [0.1, 0.15) is 4.99 Å². The Morgan fingerprint density at radius 1 is 1.06 bits per heavy atom. The number of amides is 1. The first kappa shape index (κ1) is 22.0. The molecule has 4 rings (SSSR count). The molecule has 3 nitrogen and oxygen atoms in total. The van der Waals surface area contributed by atoms with Crippen molar-refractivity contribution in [2.24, 2.45) is 16.7 Å². The third-order valence-electron chi connectivity index (χ3n) is 7.52. The molecule has 5 heteroatoms. The minimum atomic E-state index is -0.157. The van der Waals surface area contributed by atoms with E-state index in [2.05, 4.69) is 39.8 Å². The molecule has 2 aliphatic rings. The van der Waals surface area contributed by atoms with Crippen molar-refractivity contribution < 1.29 is 4.79 Å². The molecule has 0 aromatic heterocycles. The molecule has 0 spiro atoms. The number of anilines is 1. The van der Waals surface area contributed by atoms with Crippen LogP contribution in [0, 0.1) is 16.7 Å². The number of fused-ring (bicyclic) bond motifs is 2. The van der Waals surface area contributed by atoms with Crippen LogP contribution in [0.1, 0.15) is 44.0 Å². The molecule has 0 aliphatic heterocycles. The minimum Gasteiger partial charge on any atom is -0.380 e. The second-order valence-corrected chi connectivity index (χ2v) is 10.4. The predicted molar refractivity (Wildman–Crippen MR) is 133 cm³/mol. The summed E-state index contributed by atoms with van der Waals surface area (Å²) in [7, 11) is 4.18. The summed E-state index contributed by atoms with van der Waals surface area (Å²) >= 11 is 12.3. The van der Waals surface area contributed by atoms with Crippen molar-refractivity contribution in [2.45, 2.75) is 33.6 Å². The first-order valence-corrected chi connectivity index (χ1v) is 11.5. The van der Waals surface area contributed by atoms with E-state index in [9.17, 15) is 4.79 Å². The lowest BCUT2D eigenvalue weighted by molar-refractivity contribution is 0.100. The lowest BCUT2D eigenvalue weighted by Gasteiger charge is -2.39. The molecule has 1 saturated carbocycles. The third-order valence-corrected chi connectivity index (χ3v) is 8.16. The van der Waals surface area contributed by atoms with Crippen LogP contribution in [0.5, 0.6) is 0 Å². The van der Waals surface area contributed by atoms with Crippen LogP contribution in [0.25, 0.3) is 0 Å². The number of para-hydroxylation sites is 1. The van der Waals surface area contributed by atoms with Gasteiger partial charge >= 0.3 is 0 Å². The van der Waals surface area contributed by atoms with Gasteiger partial charge in [0.15, 0.2) is 0 Å². The molecular formula is C26H29ClN2OS. The number of allylic oxidation sites excluding steroid dienone is 1. The van der Waals surface area contributed by atoms with Gasteiger partial charge in [-0.3, -0.25) is 9.69 Å². The Hall–Kier alpha value is -2.17. The first-order chi connectivity index (χ1) is 14.6. The van der Waals surface area contributed by atoms with Crippen LogP contribution < -0.4 is 4.90 Å². The number of nitrogens with zero attached hydrogens (tertiary/aromatic N) is 2. The van der Waals surface area contributed by atoms with Crippen molar-refractivity contribution in [2.75, 3.05) is 19.0 Å². The average Bonchev–Trinajstić information content (AvgIpc) is 3.06. The van der Waals surface area contributed by atoms with E-state index >= 15 is 0 Å². The van der Waals surface area contributed by atoms with Gasteiger partial charge in [-0.2, -0.15) is 0 Å². The number of benzene rings is 2. The van der Waals surface area contributed by atoms with E-state index < -0.39 is 0 Å². The van der Waals surface area contributed by atoms with Gasteiger partial charge in [-0.25, -0.2) is 0 Å².